The summed E-state index contributed by atoms with van der Waals surface area (Å²) in [5.41, 5.74) is 0.726. The van der Waals surface area contributed by atoms with Crippen molar-refractivity contribution < 1.29 is 5.11 Å². The largest absolute Gasteiger partial charge is 0.391 e. The molecule has 0 bridgehead atoms. The Morgan fingerprint density at radius 3 is 2.63 bits per heavy atom. The van der Waals surface area contributed by atoms with Gasteiger partial charge in [0.15, 0.2) is 0 Å². The molecule has 106 valence electrons. The second-order valence-corrected chi connectivity index (χ2v) is 5.09. The summed E-state index contributed by atoms with van der Waals surface area (Å²) < 4.78 is 1.33. The first-order valence-corrected chi connectivity index (χ1v) is 6.79. The Balaban J connectivity index is 2.08. The predicted octanol–water partition coefficient (Wildman–Crippen LogP) is -0.234. The van der Waals surface area contributed by atoms with Crippen molar-refractivity contribution in [2.45, 2.75) is 26.0 Å². The van der Waals surface area contributed by atoms with Crippen molar-refractivity contribution in [3.05, 3.63) is 22.6 Å². The number of anilines is 1. The van der Waals surface area contributed by atoms with Crippen molar-refractivity contribution in [3.63, 3.8) is 0 Å². The highest BCUT2D eigenvalue weighted by Crippen LogP contribution is 2.12. The van der Waals surface area contributed by atoms with Crippen LogP contribution in [0.4, 0.5) is 5.69 Å². The van der Waals surface area contributed by atoms with Gasteiger partial charge in [0.05, 0.1) is 24.5 Å². The fourth-order valence-electron chi connectivity index (χ4n) is 2.13. The Morgan fingerprint density at radius 1 is 1.37 bits per heavy atom. The molecule has 1 fully saturated rings. The molecule has 0 aromatic carbocycles. The zero-order valence-electron chi connectivity index (χ0n) is 11.6. The number of hydrogen-bond donors (Lipinski definition) is 1. The summed E-state index contributed by atoms with van der Waals surface area (Å²) in [6.45, 7) is 5.97. The van der Waals surface area contributed by atoms with Crippen LogP contribution in [0.25, 0.3) is 0 Å². The Bertz CT molecular complexity index is 466. The summed E-state index contributed by atoms with van der Waals surface area (Å²) in [5, 5.41) is 13.7. The van der Waals surface area contributed by atoms with E-state index in [1.165, 1.54) is 4.68 Å². The Morgan fingerprint density at radius 2 is 2.05 bits per heavy atom. The van der Waals surface area contributed by atoms with E-state index < -0.39 is 6.10 Å². The number of aliphatic hydroxyl groups excluding tert-OH is 1. The molecular weight excluding hydrogens is 244 g/mol. The van der Waals surface area contributed by atoms with E-state index >= 15 is 0 Å². The van der Waals surface area contributed by atoms with E-state index in [0.717, 1.165) is 31.9 Å². The van der Waals surface area contributed by atoms with E-state index in [9.17, 15) is 9.90 Å². The van der Waals surface area contributed by atoms with Gasteiger partial charge >= 0.3 is 0 Å². The minimum atomic E-state index is -0.514. The highest BCUT2D eigenvalue weighted by molar-refractivity contribution is 5.43. The topological polar surface area (TPSA) is 61.6 Å². The van der Waals surface area contributed by atoms with Gasteiger partial charge in [-0.1, -0.05) is 6.92 Å². The molecule has 1 N–H and O–H groups in total. The summed E-state index contributed by atoms with van der Waals surface area (Å²) in [7, 11) is 2.10. The minimum Gasteiger partial charge on any atom is -0.391 e. The van der Waals surface area contributed by atoms with Crippen LogP contribution in [0.5, 0.6) is 0 Å². The first kappa shape index (κ1) is 14.0. The van der Waals surface area contributed by atoms with Gasteiger partial charge in [-0.05, 0) is 13.5 Å². The first-order chi connectivity index (χ1) is 9.10. The van der Waals surface area contributed by atoms with Crippen LogP contribution in [0.2, 0.25) is 0 Å². The lowest BCUT2D eigenvalue weighted by Gasteiger charge is -2.33. The molecule has 1 aromatic rings. The zero-order valence-corrected chi connectivity index (χ0v) is 11.6. The molecule has 1 aliphatic heterocycles. The first-order valence-electron chi connectivity index (χ1n) is 6.79. The quantitative estimate of drug-likeness (QED) is 0.815. The number of hydrogen-bond acceptors (Lipinski definition) is 5. The number of nitrogens with zero attached hydrogens (tertiary/aromatic N) is 4. The maximum absolute atomic E-state index is 12.0. The molecule has 0 spiro atoms. The van der Waals surface area contributed by atoms with Crippen LogP contribution in [0, 0.1) is 0 Å². The fourth-order valence-corrected chi connectivity index (χ4v) is 2.13. The molecule has 0 saturated carbocycles. The third-order valence-corrected chi connectivity index (χ3v) is 3.58. The van der Waals surface area contributed by atoms with E-state index in [2.05, 4.69) is 21.9 Å². The zero-order chi connectivity index (χ0) is 13.8. The van der Waals surface area contributed by atoms with Crippen molar-refractivity contribution in [3.8, 4) is 0 Å². The average molecular weight is 266 g/mol. The number of rotatable bonds is 4. The highest BCUT2D eigenvalue weighted by atomic mass is 16.3. The van der Waals surface area contributed by atoms with Gasteiger partial charge in [-0.15, -0.1) is 0 Å². The van der Waals surface area contributed by atoms with Crippen molar-refractivity contribution >= 4 is 5.69 Å². The van der Waals surface area contributed by atoms with Crippen molar-refractivity contribution in [2.75, 3.05) is 38.1 Å². The van der Waals surface area contributed by atoms with Crippen molar-refractivity contribution in [1.82, 2.24) is 14.7 Å². The summed E-state index contributed by atoms with van der Waals surface area (Å²) in [4.78, 5) is 16.4. The summed E-state index contributed by atoms with van der Waals surface area (Å²) >= 11 is 0. The summed E-state index contributed by atoms with van der Waals surface area (Å²) in [5.74, 6) is 0. The molecule has 0 aliphatic carbocycles. The predicted molar refractivity (Wildman–Crippen MR) is 74.5 cm³/mol. The molecule has 19 heavy (non-hydrogen) atoms. The van der Waals surface area contributed by atoms with Crippen molar-refractivity contribution in [2.24, 2.45) is 0 Å². The van der Waals surface area contributed by atoms with Crippen LogP contribution >= 0.6 is 0 Å². The van der Waals surface area contributed by atoms with E-state index in [0.29, 0.717) is 6.42 Å². The molecule has 2 rings (SSSR count). The van der Waals surface area contributed by atoms with Gasteiger partial charge in [-0.2, -0.15) is 5.10 Å². The second kappa shape index (κ2) is 6.16. The lowest BCUT2D eigenvalue weighted by molar-refractivity contribution is 0.143. The normalized spacial score (nSPS) is 18.6. The fraction of sp³-hybridized carbons (Fsp3) is 0.692. The SMILES string of the molecule is CCC(O)Cn1ncc(N2CCN(C)CC2)cc1=O. The Kier molecular flexibility index (Phi) is 4.55. The molecule has 0 amide bonds. The molecule has 2 heterocycles. The standard InChI is InChI=1S/C13H22N4O2/c1-3-12(18)10-17-13(19)8-11(9-14-17)16-6-4-15(2)5-7-16/h8-9,12,18H,3-7,10H2,1-2H3. The van der Waals surface area contributed by atoms with Crippen LogP contribution in [0.3, 0.4) is 0 Å². The van der Waals surface area contributed by atoms with Crippen LogP contribution < -0.4 is 10.5 Å². The van der Waals surface area contributed by atoms with Crippen LogP contribution in [-0.2, 0) is 6.54 Å². The molecule has 1 saturated heterocycles. The number of likely N-dealkylation sites (N-methyl/N-ethyl adjacent to an activating group) is 1. The Labute approximate surface area is 113 Å². The highest BCUT2D eigenvalue weighted by Gasteiger charge is 2.15. The third-order valence-electron chi connectivity index (χ3n) is 3.58. The van der Waals surface area contributed by atoms with E-state index in [1.54, 1.807) is 12.3 Å². The monoisotopic (exact) mass is 266 g/mol. The molecule has 0 radical (unpaired) electrons. The maximum Gasteiger partial charge on any atom is 0.268 e. The third kappa shape index (κ3) is 3.54. The molecule has 6 heteroatoms. The van der Waals surface area contributed by atoms with Crippen LogP contribution in [-0.4, -0.2) is 59.1 Å². The van der Waals surface area contributed by atoms with E-state index in [1.807, 2.05) is 6.92 Å². The van der Waals surface area contributed by atoms with Crippen LogP contribution in [0.15, 0.2) is 17.1 Å². The molecule has 6 nitrogen and oxygen atoms in total. The van der Waals surface area contributed by atoms with Gasteiger partial charge in [0, 0.05) is 32.2 Å². The van der Waals surface area contributed by atoms with Crippen molar-refractivity contribution in [1.29, 1.82) is 0 Å². The average Bonchev–Trinajstić information content (AvgIpc) is 2.41. The van der Waals surface area contributed by atoms with Crippen LogP contribution in [0.1, 0.15) is 13.3 Å². The Hall–Kier alpha value is -1.40. The lowest BCUT2D eigenvalue weighted by atomic mass is 10.3. The maximum atomic E-state index is 12.0. The molecule has 1 atom stereocenters. The van der Waals surface area contributed by atoms with Gasteiger partial charge in [0.2, 0.25) is 0 Å². The number of aliphatic hydroxyl groups is 1. The molecule has 1 aromatic heterocycles. The van der Waals surface area contributed by atoms with E-state index in [-0.39, 0.29) is 12.1 Å². The van der Waals surface area contributed by atoms with Gasteiger partial charge in [-0.25, -0.2) is 4.68 Å². The molecule has 1 unspecified atom stereocenters. The summed E-state index contributed by atoms with van der Waals surface area (Å²) in [6, 6.07) is 1.61. The van der Waals surface area contributed by atoms with Gasteiger partial charge in [-0.3, -0.25) is 4.79 Å². The van der Waals surface area contributed by atoms with Gasteiger partial charge < -0.3 is 14.9 Å². The number of piperazine rings is 1. The lowest BCUT2D eigenvalue weighted by Crippen LogP contribution is -2.45. The minimum absolute atomic E-state index is 0.149. The van der Waals surface area contributed by atoms with E-state index in [4.69, 9.17) is 0 Å². The van der Waals surface area contributed by atoms with Gasteiger partial charge in [0.25, 0.3) is 5.56 Å². The summed E-state index contributed by atoms with van der Waals surface area (Å²) in [6.07, 6.45) is 1.82. The number of aromatic nitrogens is 2. The second-order valence-electron chi connectivity index (χ2n) is 5.09. The molecular formula is C13H22N4O2. The molecule has 1 aliphatic rings. The van der Waals surface area contributed by atoms with Gasteiger partial charge in [0.1, 0.15) is 0 Å². The smallest absolute Gasteiger partial charge is 0.268 e.